The molecule has 0 aliphatic rings. The Morgan fingerprint density at radius 3 is 2.35 bits per heavy atom. The first-order valence-electron chi connectivity index (χ1n) is 7.31. The second-order valence-corrected chi connectivity index (χ2v) is 6.24. The van der Waals surface area contributed by atoms with E-state index in [1.807, 2.05) is 49.4 Å². The molecule has 5 heteroatoms. The summed E-state index contributed by atoms with van der Waals surface area (Å²) < 4.78 is 0.807. The van der Waals surface area contributed by atoms with E-state index in [4.69, 9.17) is 0 Å². The smallest absolute Gasteiger partial charge is 0.244 e. The monoisotopic (exact) mass is 374 g/mol. The van der Waals surface area contributed by atoms with E-state index >= 15 is 0 Å². The van der Waals surface area contributed by atoms with Gasteiger partial charge in [-0.25, -0.2) is 0 Å². The van der Waals surface area contributed by atoms with Crippen LogP contribution in [0.25, 0.3) is 0 Å². The number of nitrogens with one attached hydrogen (secondary N) is 1. The van der Waals surface area contributed by atoms with Crippen molar-refractivity contribution in [2.45, 2.75) is 20.4 Å². The molecule has 0 saturated heterocycles. The molecular formula is C18H19BrN2O2. The first-order chi connectivity index (χ1) is 11.0. The lowest BCUT2D eigenvalue weighted by Gasteiger charge is -2.21. The Morgan fingerprint density at radius 2 is 1.74 bits per heavy atom. The molecule has 2 amide bonds. The third-order valence-corrected chi connectivity index (χ3v) is 4.11. The molecule has 0 fully saturated rings. The first kappa shape index (κ1) is 17.2. The van der Waals surface area contributed by atoms with E-state index in [0.29, 0.717) is 12.2 Å². The fourth-order valence-electron chi connectivity index (χ4n) is 2.12. The van der Waals surface area contributed by atoms with Gasteiger partial charge in [0.2, 0.25) is 11.8 Å². The molecule has 2 rings (SSSR count). The molecule has 2 aromatic rings. The van der Waals surface area contributed by atoms with Gasteiger partial charge in [0.15, 0.2) is 0 Å². The van der Waals surface area contributed by atoms with Gasteiger partial charge >= 0.3 is 0 Å². The lowest BCUT2D eigenvalue weighted by atomic mass is 10.1. The van der Waals surface area contributed by atoms with Crippen molar-refractivity contribution in [3.63, 3.8) is 0 Å². The molecule has 120 valence electrons. The Labute approximate surface area is 144 Å². The molecule has 0 radical (unpaired) electrons. The van der Waals surface area contributed by atoms with E-state index in [1.54, 1.807) is 6.07 Å². The van der Waals surface area contributed by atoms with Crippen molar-refractivity contribution >= 4 is 33.4 Å². The van der Waals surface area contributed by atoms with Crippen LogP contribution in [-0.4, -0.2) is 23.3 Å². The Hall–Kier alpha value is -2.14. The Morgan fingerprint density at radius 1 is 1.09 bits per heavy atom. The quantitative estimate of drug-likeness (QED) is 0.866. The van der Waals surface area contributed by atoms with E-state index in [2.05, 4.69) is 21.2 Å². The van der Waals surface area contributed by atoms with Gasteiger partial charge in [0.05, 0.1) is 5.69 Å². The zero-order valence-electron chi connectivity index (χ0n) is 13.2. The second-order valence-electron chi connectivity index (χ2n) is 5.39. The normalized spacial score (nSPS) is 10.2. The Bertz CT molecular complexity index is 698. The number of rotatable bonds is 5. The van der Waals surface area contributed by atoms with Crippen molar-refractivity contribution in [1.29, 1.82) is 0 Å². The fourth-order valence-corrected chi connectivity index (χ4v) is 2.50. The van der Waals surface area contributed by atoms with Crippen LogP contribution < -0.4 is 5.32 Å². The van der Waals surface area contributed by atoms with Gasteiger partial charge in [-0.15, -0.1) is 0 Å². The number of benzene rings is 2. The molecule has 0 aliphatic heterocycles. The van der Waals surface area contributed by atoms with E-state index in [1.165, 1.54) is 11.8 Å². The number of aryl methyl sites for hydroxylation is 1. The van der Waals surface area contributed by atoms with Crippen LogP contribution in [0.3, 0.4) is 0 Å². The van der Waals surface area contributed by atoms with Crippen molar-refractivity contribution in [3.8, 4) is 0 Å². The number of amides is 2. The molecular weight excluding hydrogens is 356 g/mol. The first-order valence-corrected chi connectivity index (χ1v) is 8.10. The Kier molecular flexibility index (Phi) is 5.93. The number of halogens is 1. The summed E-state index contributed by atoms with van der Waals surface area (Å²) in [5, 5.41) is 2.81. The molecule has 0 heterocycles. The molecule has 0 bridgehead atoms. The third-order valence-electron chi connectivity index (χ3n) is 3.42. The zero-order valence-corrected chi connectivity index (χ0v) is 14.8. The van der Waals surface area contributed by atoms with Crippen molar-refractivity contribution < 1.29 is 9.59 Å². The van der Waals surface area contributed by atoms with Crippen LogP contribution in [0.2, 0.25) is 0 Å². The van der Waals surface area contributed by atoms with Crippen molar-refractivity contribution in [2.75, 3.05) is 11.9 Å². The van der Waals surface area contributed by atoms with Gasteiger partial charge in [-0.1, -0.05) is 42.0 Å². The van der Waals surface area contributed by atoms with Gasteiger partial charge in [-0.05, 0) is 40.5 Å². The fraction of sp³-hybridized carbons (Fsp3) is 0.222. The highest BCUT2D eigenvalue weighted by Gasteiger charge is 2.15. The number of anilines is 1. The number of hydrogen-bond acceptors (Lipinski definition) is 2. The highest BCUT2D eigenvalue weighted by atomic mass is 79.9. The van der Waals surface area contributed by atoms with E-state index < -0.39 is 0 Å². The topological polar surface area (TPSA) is 49.4 Å². The average molecular weight is 375 g/mol. The van der Waals surface area contributed by atoms with Crippen LogP contribution in [0.1, 0.15) is 18.1 Å². The maximum absolute atomic E-state index is 12.2. The van der Waals surface area contributed by atoms with E-state index in [0.717, 1.165) is 15.6 Å². The van der Waals surface area contributed by atoms with E-state index in [-0.39, 0.29) is 18.4 Å². The van der Waals surface area contributed by atoms with Gasteiger partial charge < -0.3 is 10.2 Å². The largest absolute Gasteiger partial charge is 0.329 e. The summed E-state index contributed by atoms with van der Waals surface area (Å²) in [6.45, 7) is 3.92. The van der Waals surface area contributed by atoms with Gasteiger partial charge in [-0.3, -0.25) is 9.59 Å². The number of carbonyl (C=O) groups excluding carboxylic acids is 2. The highest BCUT2D eigenvalue weighted by Crippen LogP contribution is 2.21. The van der Waals surface area contributed by atoms with Crippen LogP contribution in [0, 0.1) is 6.92 Å². The van der Waals surface area contributed by atoms with Crippen LogP contribution in [0.15, 0.2) is 53.0 Å². The summed E-state index contributed by atoms with van der Waals surface area (Å²) >= 11 is 3.39. The predicted molar refractivity (Wildman–Crippen MR) is 95.0 cm³/mol. The van der Waals surface area contributed by atoms with Crippen molar-refractivity contribution in [2.24, 2.45) is 0 Å². The minimum Gasteiger partial charge on any atom is -0.329 e. The summed E-state index contributed by atoms with van der Waals surface area (Å²) in [6, 6.07) is 15.3. The Balaban J connectivity index is 2.01. The minimum atomic E-state index is -0.223. The van der Waals surface area contributed by atoms with Gasteiger partial charge in [-0.2, -0.15) is 0 Å². The molecule has 23 heavy (non-hydrogen) atoms. The molecule has 1 N–H and O–H groups in total. The van der Waals surface area contributed by atoms with Gasteiger partial charge in [0.1, 0.15) is 6.54 Å². The maximum atomic E-state index is 12.2. The van der Waals surface area contributed by atoms with Crippen molar-refractivity contribution in [1.82, 2.24) is 4.90 Å². The summed E-state index contributed by atoms with van der Waals surface area (Å²) in [5.41, 5.74) is 2.85. The van der Waals surface area contributed by atoms with Gasteiger partial charge in [0, 0.05) is 17.9 Å². The molecule has 4 nitrogen and oxygen atoms in total. The molecule has 0 aliphatic carbocycles. The molecule has 2 aromatic carbocycles. The lowest BCUT2D eigenvalue weighted by Crippen LogP contribution is -2.36. The lowest BCUT2D eigenvalue weighted by molar-refractivity contribution is -0.133. The van der Waals surface area contributed by atoms with E-state index in [9.17, 15) is 9.59 Å². The maximum Gasteiger partial charge on any atom is 0.244 e. The van der Waals surface area contributed by atoms with Crippen LogP contribution >= 0.6 is 15.9 Å². The number of para-hydroxylation sites is 1. The van der Waals surface area contributed by atoms with Crippen molar-refractivity contribution in [3.05, 3.63) is 64.1 Å². The summed E-state index contributed by atoms with van der Waals surface area (Å²) in [6.07, 6.45) is 0. The number of carbonyl (C=O) groups is 2. The summed E-state index contributed by atoms with van der Waals surface area (Å²) in [5.74, 6) is -0.355. The summed E-state index contributed by atoms with van der Waals surface area (Å²) in [4.78, 5) is 25.5. The minimum absolute atomic E-state index is 0.0184. The summed E-state index contributed by atoms with van der Waals surface area (Å²) in [7, 11) is 0. The SMILES string of the molecule is CC(=O)N(CC(=O)Nc1ccccc1Br)Cc1ccc(C)cc1. The third kappa shape index (κ3) is 5.21. The standard InChI is InChI=1S/C18H19BrN2O2/c1-13-7-9-15(10-8-13)11-21(14(2)22)12-18(23)20-17-6-4-3-5-16(17)19/h3-10H,11-12H2,1-2H3,(H,20,23). The number of nitrogens with zero attached hydrogens (tertiary/aromatic N) is 1. The molecule has 0 saturated carbocycles. The van der Waals surface area contributed by atoms with Crippen LogP contribution in [-0.2, 0) is 16.1 Å². The van der Waals surface area contributed by atoms with Gasteiger partial charge in [0.25, 0.3) is 0 Å². The average Bonchev–Trinajstić information content (AvgIpc) is 2.51. The molecule has 0 atom stereocenters. The molecule has 0 spiro atoms. The zero-order chi connectivity index (χ0) is 16.8. The highest BCUT2D eigenvalue weighted by molar-refractivity contribution is 9.10. The van der Waals surface area contributed by atoms with Crippen LogP contribution in [0.5, 0.6) is 0 Å². The second kappa shape index (κ2) is 7.92. The molecule has 0 unspecified atom stereocenters. The molecule has 0 aromatic heterocycles. The van der Waals surface area contributed by atoms with Crippen LogP contribution in [0.4, 0.5) is 5.69 Å². The predicted octanol–water partition coefficient (Wildman–Crippen LogP) is 3.74. The number of hydrogen-bond donors (Lipinski definition) is 1.